The number of benzene rings is 2. The highest BCUT2D eigenvalue weighted by molar-refractivity contribution is 7.92. The number of amides is 1. The number of anilines is 1. The van der Waals surface area contributed by atoms with Crippen molar-refractivity contribution in [3.8, 4) is 0 Å². The van der Waals surface area contributed by atoms with Crippen LogP contribution in [0.15, 0.2) is 53.4 Å². The first-order valence-corrected chi connectivity index (χ1v) is 13.3. The van der Waals surface area contributed by atoms with Crippen LogP contribution in [0.5, 0.6) is 0 Å². The van der Waals surface area contributed by atoms with Gasteiger partial charge >= 0.3 is 0 Å². The third-order valence-corrected chi connectivity index (χ3v) is 7.14. The summed E-state index contributed by atoms with van der Waals surface area (Å²) in [6.45, 7) is 3.47. The molecule has 0 radical (unpaired) electrons. The van der Waals surface area contributed by atoms with Crippen molar-refractivity contribution in [1.29, 1.82) is 0 Å². The first-order valence-electron chi connectivity index (χ1n) is 9.20. The summed E-state index contributed by atoms with van der Waals surface area (Å²) in [6, 6.07) is 11.0. The second-order valence-corrected chi connectivity index (χ2v) is 11.3. The molecular formula is C20H25ClN2O5S2. The Morgan fingerprint density at radius 1 is 1.00 bits per heavy atom. The minimum Gasteiger partial charge on any atom is -0.348 e. The lowest BCUT2D eigenvalue weighted by Gasteiger charge is -2.31. The van der Waals surface area contributed by atoms with Crippen molar-refractivity contribution in [2.75, 3.05) is 16.8 Å². The van der Waals surface area contributed by atoms with Gasteiger partial charge in [-0.3, -0.25) is 9.10 Å². The van der Waals surface area contributed by atoms with E-state index in [1.54, 1.807) is 50.2 Å². The summed E-state index contributed by atoms with van der Waals surface area (Å²) < 4.78 is 49.2. The topological polar surface area (TPSA) is 101 Å². The largest absolute Gasteiger partial charge is 0.348 e. The van der Waals surface area contributed by atoms with Crippen molar-refractivity contribution in [1.82, 2.24) is 5.32 Å². The average Bonchev–Trinajstić information content (AvgIpc) is 2.65. The Labute approximate surface area is 183 Å². The van der Waals surface area contributed by atoms with E-state index in [4.69, 9.17) is 11.6 Å². The third-order valence-electron chi connectivity index (χ3n) is 4.58. The molecule has 0 spiro atoms. The Bertz CT molecular complexity index is 1100. The van der Waals surface area contributed by atoms with E-state index in [9.17, 15) is 21.6 Å². The maximum atomic E-state index is 13.0. The fourth-order valence-electron chi connectivity index (χ4n) is 3.04. The Balaban J connectivity index is 2.28. The Hall–Kier alpha value is -2.10. The lowest BCUT2D eigenvalue weighted by molar-refractivity contribution is -0.122. The Morgan fingerprint density at radius 3 is 1.97 bits per heavy atom. The van der Waals surface area contributed by atoms with Gasteiger partial charge in [-0.2, -0.15) is 0 Å². The minimum absolute atomic E-state index is 0.183. The quantitative estimate of drug-likeness (QED) is 0.636. The lowest BCUT2D eigenvalue weighted by Crippen LogP contribution is -2.49. The molecule has 0 heterocycles. The van der Waals surface area contributed by atoms with Crippen LogP contribution in [0.4, 0.5) is 5.69 Å². The third kappa shape index (κ3) is 5.96. The number of rotatable bonds is 8. The van der Waals surface area contributed by atoms with Gasteiger partial charge in [-0.05, 0) is 55.3 Å². The average molecular weight is 473 g/mol. The molecule has 2 unspecified atom stereocenters. The molecule has 0 aliphatic carbocycles. The summed E-state index contributed by atoms with van der Waals surface area (Å²) >= 11 is 5.90. The summed E-state index contributed by atoms with van der Waals surface area (Å²) in [5.41, 5.74) is 1.04. The molecular weight excluding hydrogens is 448 g/mol. The monoisotopic (exact) mass is 472 g/mol. The van der Waals surface area contributed by atoms with E-state index >= 15 is 0 Å². The molecule has 2 aromatic carbocycles. The van der Waals surface area contributed by atoms with Gasteiger partial charge in [0.05, 0.1) is 22.9 Å². The second-order valence-electron chi connectivity index (χ2n) is 7.03. The molecule has 30 heavy (non-hydrogen) atoms. The van der Waals surface area contributed by atoms with Gasteiger partial charge < -0.3 is 5.32 Å². The summed E-state index contributed by atoms with van der Waals surface area (Å²) in [4.78, 5) is 13.2. The predicted octanol–water partition coefficient (Wildman–Crippen LogP) is 3.17. The molecule has 0 fully saturated rings. The first kappa shape index (κ1) is 24.2. The molecule has 0 bridgehead atoms. The van der Waals surface area contributed by atoms with Crippen LogP contribution in [0.1, 0.15) is 31.9 Å². The molecule has 0 aliphatic heterocycles. The standard InChI is InChI=1S/C20H25ClN2O5S2/c1-5-19(23(30(4,27)28)17-10-8-16(21)9-11-17)20(24)22-14(2)15-6-12-18(13-7-15)29(3,25)26/h6-14,19H,5H2,1-4H3,(H,22,24). The molecule has 2 atom stereocenters. The van der Waals surface area contributed by atoms with E-state index in [0.717, 1.165) is 16.8 Å². The summed E-state index contributed by atoms with van der Waals surface area (Å²) in [5.74, 6) is -0.461. The zero-order chi connectivity index (χ0) is 22.7. The fraction of sp³-hybridized carbons (Fsp3) is 0.350. The summed E-state index contributed by atoms with van der Waals surface area (Å²) in [7, 11) is -7.06. The first-order chi connectivity index (χ1) is 13.8. The number of sulfonamides is 1. The summed E-state index contributed by atoms with van der Waals surface area (Å²) in [5, 5.41) is 3.27. The molecule has 0 aromatic heterocycles. The molecule has 2 rings (SSSR count). The number of sulfone groups is 1. The number of hydrogen-bond donors (Lipinski definition) is 1. The van der Waals surface area contributed by atoms with Gasteiger partial charge in [0.25, 0.3) is 0 Å². The van der Waals surface area contributed by atoms with E-state index in [1.807, 2.05) is 0 Å². The van der Waals surface area contributed by atoms with Crippen LogP contribution in [0.25, 0.3) is 0 Å². The smallest absolute Gasteiger partial charge is 0.244 e. The van der Waals surface area contributed by atoms with Crippen LogP contribution in [0.2, 0.25) is 5.02 Å². The normalized spacial score (nSPS) is 14.0. The van der Waals surface area contributed by atoms with Crippen molar-refractivity contribution in [3.63, 3.8) is 0 Å². The number of carbonyl (C=O) groups is 1. The number of halogens is 1. The van der Waals surface area contributed by atoms with Crippen molar-refractivity contribution >= 4 is 43.1 Å². The van der Waals surface area contributed by atoms with Crippen molar-refractivity contribution < 1.29 is 21.6 Å². The van der Waals surface area contributed by atoms with E-state index in [1.165, 1.54) is 12.1 Å². The summed E-state index contributed by atoms with van der Waals surface area (Å²) in [6.07, 6.45) is 2.42. The Morgan fingerprint density at radius 2 is 1.53 bits per heavy atom. The van der Waals surface area contributed by atoms with E-state index in [-0.39, 0.29) is 11.3 Å². The highest BCUT2D eigenvalue weighted by Crippen LogP contribution is 2.25. The second kappa shape index (κ2) is 9.36. The number of nitrogens with zero attached hydrogens (tertiary/aromatic N) is 1. The van der Waals surface area contributed by atoms with E-state index in [0.29, 0.717) is 16.3 Å². The molecule has 0 saturated carbocycles. The van der Waals surface area contributed by atoms with Gasteiger partial charge in [-0.25, -0.2) is 16.8 Å². The molecule has 1 N–H and O–H groups in total. The number of nitrogens with one attached hydrogen (secondary N) is 1. The molecule has 0 aliphatic rings. The van der Waals surface area contributed by atoms with Crippen LogP contribution in [-0.2, 0) is 24.7 Å². The van der Waals surface area contributed by atoms with Gasteiger partial charge in [0.2, 0.25) is 15.9 Å². The molecule has 0 saturated heterocycles. The zero-order valence-electron chi connectivity index (χ0n) is 17.2. The predicted molar refractivity (Wildman–Crippen MR) is 119 cm³/mol. The maximum absolute atomic E-state index is 13.0. The van der Waals surface area contributed by atoms with Gasteiger partial charge in [0.15, 0.2) is 9.84 Å². The lowest BCUT2D eigenvalue weighted by atomic mass is 10.1. The number of carbonyl (C=O) groups excluding carboxylic acids is 1. The van der Waals surface area contributed by atoms with Crippen LogP contribution < -0.4 is 9.62 Å². The van der Waals surface area contributed by atoms with Crippen molar-refractivity contribution in [2.24, 2.45) is 0 Å². The van der Waals surface area contributed by atoms with Crippen LogP contribution >= 0.6 is 11.6 Å². The minimum atomic E-state index is -3.75. The van der Waals surface area contributed by atoms with E-state index in [2.05, 4.69) is 5.32 Å². The molecule has 7 nitrogen and oxygen atoms in total. The van der Waals surface area contributed by atoms with Crippen LogP contribution in [0, 0.1) is 0 Å². The van der Waals surface area contributed by atoms with Gasteiger partial charge in [-0.15, -0.1) is 0 Å². The number of hydrogen-bond acceptors (Lipinski definition) is 5. The van der Waals surface area contributed by atoms with E-state index < -0.39 is 37.9 Å². The maximum Gasteiger partial charge on any atom is 0.244 e. The highest BCUT2D eigenvalue weighted by Gasteiger charge is 2.32. The molecule has 2 aromatic rings. The fourth-order valence-corrected chi connectivity index (χ4v) is 5.01. The van der Waals surface area contributed by atoms with Gasteiger partial charge in [0, 0.05) is 11.3 Å². The van der Waals surface area contributed by atoms with Crippen molar-refractivity contribution in [3.05, 3.63) is 59.1 Å². The SMILES string of the molecule is CCC(C(=O)NC(C)c1ccc(S(C)(=O)=O)cc1)N(c1ccc(Cl)cc1)S(C)(=O)=O. The van der Waals surface area contributed by atoms with Gasteiger partial charge in [-0.1, -0.05) is 30.7 Å². The van der Waals surface area contributed by atoms with Gasteiger partial charge in [0.1, 0.15) is 6.04 Å². The Kier molecular flexibility index (Phi) is 7.54. The molecule has 1 amide bonds. The molecule has 10 heteroatoms. The van der Waals surface area contributed by atoms with Crippen LogP contribution in [0.3, 0.4) is 0 Å². The van der Waals surface area contributed by atoms with Crippen molar-refractivity contribution in [2.45, 2.75) is 37.2 Å². The highest BCUT2D eigenvalue weighted by atomic mass is 35.5. The molecule has 164 valence electrons. The zero-order valence-corrected chi connectivity index (χ0v) is 19.6. The van der Waals surface area contributed by atoms with Crippen LogP contribution in [-0.4, -0.2) is 41.3 Å².